The number of amides is 2. The molecule has 6 rings (SSSR count). The fourth-order valence-electron chi connectivity index (χ4n) is 4.82. The molecule has 2 amide bonds. The van der Waals surface area contributed by atoms with Crippen LogP contribution in [0.5, 0.6) is 0 Å². The maximum atomic E-state index is 13.2. The molecule has 1 saturated carbocycles. The Balaban J connectivity index is 1.04. The maximum Gasteiger partial charge on any atom is 0.230 e. The first-order valence-corrected chi connectivity index (χ1v) is 12.3. The van der Waals surface area contributed by atoms with Crippen LogP contribution in [0.4, 0.5) is 11.5 Å². The normalized spacial score (nSPS) is 20.5. The van der Waals surface area contributed by atoms with Gasteiger partial charge in [0.2, 0.25) is 23.5 Å². The van der Waals surface area contributed by atoms with E-state index in [1.807, 2.05) is 48.2 Å². The van der Waals surface area contributed by atoms with Gasteiger partial charge in [-0.25, -0.2) is 4.98 Å². The van der Waals surface area contributed by atoms with Crippen molar-refractivity contribution in [3.63, 3.8) is 0 Å². The predicted molar refractivity (Wildman–Crippen MR) is 130 cm³/mol. The molecule has 35 heavy (non-hydrogen) atoms. The summed E-state index contributed by atoms with van der Waals surface area (Å²) in [6.07, 6.45) is 4.29. The fraction of sp³-hybridized carbons (Fsp3) is 0.423. The van der Waals surface area contributed by atoms with Gasteiger partial charge in [-0.05, 0) is 44.0 Å². The first-order valence-electron chi connectivity index (χ1n) is 12.3. The summed E-state index contributed by atoms with van der Waals surface area (Å²) in [5.74, 6) is 2.38. The van der Waals surface area contributed by atoms with Gasteiger partial charge < -0.3 is 19.2 Å². The van der Waals surface area contributed by atoms with Crippen molar-refractivity contribution in [1.82, 2.24) is 20.0 Å². The van der Waals surface area contributed by atoms with Gasteiger partial charge in [0.15, 0.2) is 0 Å². The van der Waals surface area contributed by atoms with Crippen LogP contribution in [-0.2, 0) is 9.59 Å². The molecule has 1 atom stereocenters. The Bertz CT molecular complexity index is 1230. The largest absolute Gasteiger partial charge is 0.353 e. The number of aromatic nitrogens is 3. The average molecular weight is 473 g/mol. The van der Waals surface area contributed by atoms with Crippen molar-refractivity contribution in [2.45, 2.75) is 32.1 Å². The second kappa shape index (κ2) is 8.79. The molecule has 3 aromatic rings. The van der Waals surface area contributed by atoms with E-state index in [9.17, 15) is 9.59 Å². The number of aryl methyl sites for hydroxylation is 1. The van der Waals surface area contributed by atoms with Gasteiger partial charge >= 0.3 is 0 Å². The molecule has 0 radical (unpaired) electrons. The number of hydrogen-bond acceptors (Lipinski definition) is 7. The van der Waals surface area contributed by atoms with Crippen molar-refractivity contribution >= 4 is 23.3 Å². The Morgan fingerprint density at radius 2 is 1.80 bits per heavy atom. The second-order valence-electron chi connectivity index (χ2n) is 9.69. The molecule has 2 aliphatic heterocycles. The molecule has 1 aliphatic carbocycles. The molecule has 1 unspecified atom stereocenters. The lowest BCUT2D eigenvalue weighted by Crippen LogP contribution is -2.51. The van der Waals surface area contributed by atoms with E-state index >= 15 is 0 Å². The van der Waals surface area contributed by atoms with Gasteiger partial charge in [0.25, 0.3) is 0 Å². The molecule has 0 spiro atoms. The zero-order chi connectivity index (χ0) is 23.9. The molecule has 0 N–H and O–H groups in total. The smallest absolute Gasteiger partial charge is 0.230 e. The van der Waals surface area contributed by atoms with Crippen LogP contribution < -0.4 is 9.80 Å². The SMILES string of the molecule is Cc1ccc(N2CC(C(=O)N3CCN(c4ccc(-c5noc(C6CC6)n5)cn4)CC3)CC2=O)cc1. The van der Waals surface area contributed by atoms with E-state index in [2.05, 4.69) is 20.0 Å². The monoisotopic (exact) mass is 472 g/mol. The van der Waals surface area contributed by atoms with Gasteiger partial charge in [0.1, 0.15) is 5.82 Å². The zero-order valence-corrected chi connectivity index (χ0v) is 19.8. The first-order chi connectivity index (χ1) is 17.0. The molecule has 1 aromatic carbocycles. The summed E-state index contributed by atoms with van der Waals surface area (Å²) in [5, 5.41) is 4.08. The van der Waals surface area contributed by atoms with E-state index in [1.165, 1.54) is 0 Å². The lowest BCUT2D eigenvalue weighted by atomic mass is 10.1. The van der Waals surface area contributed by atoms with Crippen LogP contribution in [0.25, 0.3) is 11.4 Å². The lowest BCUT2D eigenvalue weighted by Gasteiger charge is -2.36. The minimum absolute atomic E-state index is 0.0148. The van der Waals surface area contributed by atoms with Crippen molar-refractivity contribution in [2.75, 3.05) is 42.5 Å². The van der Waals surface area contributed by atoms with Crippen molar-refractivity contribution in [2.24, 2.45) is 5.92 Å². The van der Waals surface area contributed by atoms with E-state index in [1.54, 1.807) is 11.1 Å². The maximum absolute atomic E-state index is 13.2. The highest BCUT2D eigenvalue weighted by atomic mass is 16.5. The number of benzene rings is 1. The summed E-state index contributed by atoms with van der Waals surface area (Å²) < 4.78 is 5.35. The van der Waals surface area contributed by atoms with Gasteiger partial charge in [-0.15, -0.1) is 0 Å². The van der Waals surface area contributed by atoms with Crippen LogP contribution in [0.15, 0.2) is 47.1 Å². The predicted octanol–water partition coefficient (Wildman–Crippen LogP) is 3.02. The third-order valence-corrected chi connectivity index (χ3v) is 7.11. The van der Waals surface area contributed by atoms with E-state index in [0.717, 1.165) is 41.4 Å². The van der Waals surface area contributed by atoms with E-state index in [-0.39, 0.29) is 24.2 Å². The number of anilines is 2. The van der Waals surface area contributed by atoms with Crippen LogP contribution in [0.2, 0.25) is 0 Å². The van der Waals surface area contributed by atoms with E-state index < -0.39 is 0 Å². The standard InChI is InChI=1S/C26H28N6O3/c1-17-2-7-21(8-3-17)32-16-20(14-23(32)33)26(34)31-12-10-30(11-13-31)22-9-6-19(15-27-22)24-28-25(35-29-24)18-4-5-18/h2-3,6-9,15,18,20H,4-5,10-14,16H2,1H3. The van der Waals surface area contributed by atoms with Crippen LogP contribution in [-0.4, -0.2) is 64.6 Å². The summed E-state index contributed by atoms with van der Waals surface area (Å²) in [6, 6.07) is 11.8. The van der Waals surface area contributed by atoms with Crippen molar-refractivity contribution in [3.05, 3.63) is 54.0 Å². The van der Waals surface area contributed by atoms with Gasteiger partial charge in [-0.1, -0.05) is 22.9 Å². The minimum atomic E-state index is -0.289. The van der Waals surface area contributed by atoms with Crippen molar-refractivity contribution < 1.29 is 14.1 Å². The number of pyridine rings is 1. The Morgan fingerprint density at radius 3 is 2.49 bits per heavy atom. The number of hydrogen-bond donors (Lipinski definition) is 0. The summed E-state index contributed by atoms with van der Waals surface area (Å²) in [4.78, 5) is 40.6. The summed E-state index contributed by atoms with van der Waals surface area (Å²) in [6.45, 7) is 5.11. The Labute approximate surface area is 203 Å². The molecule has 9 nitrogen and oxygen atoms in total. The summed E-state index contributed by atoms with van der Waals surface area (Å²) in [7, 11) is 0. The third kappa shape index (κ3) is 4.38. The number of carbonyl (C=O) groups excluding carboxylic acids is 2. The highest BCUT2D eigenvalue weighted by Crippen LogP contribution is 2.39. The van der Waals surface area contributed by atoms with Crippen LogP contribution in [0.1, 0.15) is 36.6 Å². The van der Waals surface area contributed by atoms with Gasteiger partial charge in [-0.2, -0.15) is 4.98 Å². The van der Waals surface area contributed by atoms with Crippen LogP contribution in [0, 0.1) is 12.8 Å². The van der Waals surface area contributed by atoms with Crippen LogP contribution >= 0.6 is 0 Å². The molecule has 4 heterocycles. The van der Waals surface area contributed by atoms with Gasteiger partial charge in [0, 0.05) is 62.5 Å². The first kappa shape index (κ1) is 21.8. The van der Waals surface area contributed by atoms with Gasteiger partial charge in [0.05, 0.1) is 5.92 Å². The van der Waals surface area contributed by atoms with Gasteiger partial charge in [-0.3, -0.25) is 9.59 Å². The number of carbonyl (C=O) groups is 2. The molecule has 3 aliphatic rings. The molecule has 180 valence electrons. The molecule has 2 saturated heterocycles. The van der Waals surface area contributed by atoms with Crippen molar-refractivity contribution in [1.29, 1.82) is 0 Å². The third-order valence-electron chi connectivity index (χ3n) is 7.11. The summed E-state index contributed by atoms with van der Waals surface area (Å²) >= 11 is 0. The number of nitrogens with zero attached hydrogens (tertiary/aromatic N) is 6. The highest BCUT2D eigenvalue weighted by Gasteiger charge is 2.38. The Morgan fingerprint density at radius 1 is 1.03 bits per heavy atom. The van der Waals surface area contributed by atoms with E-state index in [0.29, 0.717) is 44.5 Å². The highest BCUT2D eigenvalue weighted by molar-refractivity contribution is 6.00. The fourth-order valence-corrected chi connectivity index (χ4v) is 4.82. The quantitative estimate of drug-likeness (QED) is 0.563. The molecular formula is C26H28N6O3. The Hall–Kier alpha value is -3.75. The lowest BCUT2D eigenvalue weighted by molar-refractivity contribution is -0.136. The molecule has 9 heteroatoms. The topological polar surface area (TPSA) is 95.7 Å². The van der Waals surface area contributed by atoms with E-state index in [4.69, 9.17) is 4.52 Å². The zero-order valence-electron chi connectivity index (χ0n) is 19.8. The molecule has 3 fully saturated rings. The molecule has 0 bridgehead atoms. The number of rotatable bonds is 5. The number of piperazine rings is 1. The van der Waals surface area contributed by atoms with Crippen molar-refractivity contribution in [3.8, 4) is 11.4 Å². The second-order valence-corrected chi connectivity index (χ2v) is 9.69. The molecular weight excluding hydrogens is 444 g/mol. The Kier molecular flexibility index (Phi) is 5.47. The average Bonchev–Trinajstić information content (AvgIpc) is 3.49. The summed E-state index contributed by atoms with van der Waals surface area (Å²) in [5.41, 5.74) is 2.84. The molecule has 2 aromatic heterocycles. The minimum Gasteiger partial charge on any atom is -0.353 e. The van der Waals surface area contributed by atoms with Crippen LogP contribution in [0.3, 0.4) is 0 Å².